The lowest BCUT2D eigenvalue weighted by Gasteiger charge is -2.05. The van der Waals surface area contributed by atoms with E-state index in [0.717, 1.165) is 16.9 Å². The Hall–Kier alpha value is -2.47. The zero-order valence-electron chi connectivity index (χ0n) is 10.8. The first-order valence-corrected chi connectivity index (χ1v) is 5.79. The van der Waals surface area contributed by atoms with E-state index >= 15 is 0 Å². The van der Waals surface area contributed by atoms with Crippen molar-refractivity contribution in [2.75, 3.05) is 0 Å². The number of amides is 2. The second-order valence-electron chi connectivity index (χ2n) is 4.04. The van der Waals surface area contributed by atoms with E-state index in [0.29, 0.717) is 5.71 Å². The molecule has 1 aromatic carbocycles. The zero-order chi connectivity index (χ0) is 13.8. The van der Waals surface area contributed by atoms with Crippen molar-refractivity contribution >= 4 is 11.7 Å². The van der Waals surface area contributed by atoms with Gasteiger partial charge in [0, 0.05) is 5.56 Å². The summed E-state index contributed by atoms with van der Waals surface area (Å²) in [5.74, 6) is 5.01. The molecule has 2 amide bonds. The van der Waals surface area contributed by atoms with Crippen LogP contribution in [0.15, 0.2) is 41.5 Å². The van der Waals surface area contributed by atoms with Crippen molar-refractivity contribution in [2.24, 2.45) is 10.8 Å². The molecule has 2 aromatic rings. The van der Waals surface area contributed by atoms with Crippen molar-refractivity contribution in [3.63, 3.8) is 0 Å². The van der Waals surface area contributed by atoms with Gasteiger partial charge in [0.05, 0.1) is 23.3 Å². The quantitative estimate of drug-likeness (QED) is 0.370. The van der Waals surface area contributed by atoms with E-state index in [2.05, 4.69) is 10.1 Å². The third kappa shape index (κ3) is 2.69. The summed E-state index contributed by atoms with van der Waals surface area (Å²) in [6.07, 6.45) is 1.69. The van der Waals surface area contributed by atoms with Crippen molar-refractivity contribution in [1.82, 2.24) is 15.2 Å². The number of hydrogen-bond acceptors (Lipinski definition) is 3. The molecule has 6 nitrogen and oxygen atoms in total. The van der Waals surface area contributed by atoms with Crippen LogP contribution in [0, 0.1) is 6.92 Å². The molecular weight excluding hydrogens is 242 g/mol. The molecule has 0 unspecified atom stereocenters. The summed E-state index contributed by atoms with van der Waals surface area (Å²) < 4.78 is 1.80. The SMILES string of the molecule is CC(=NC(=O)NN)c1cnn(-c2ccccc2)c1C. The molecule has 19 heavy (non-hydrogen) atoms. The second-order valence-corrected chi connectivity index (χ2v) is 4.04. The number of nitrogens with two attached hydrogens (primary N) is 1. The lowest BCUT2D eigenvalue weighted by atomic mass is 10.2. The minimum absolute atomic E-state index is 0.572. The highest BCUT2D eigenvalue weighted by Crippen LogP contribution is 2.14. The summed E-state index contributed by atoms with van der Waals surface area (Å²) in [5, 5.41) is 4.31. The summed E-state index contributed by atoms with van der Waals surface area (Å²) in [6, 6.07) is 9.18. The number of aliphatic imine (C=N–C) groups is 1. The van der Waals surface area contributed by atoms with Gasteiger partial charge in [0.15, 0.2) is 0 Å². The Kier molecular flexibility index (Phi) is 3.72. The topological polar surface area (TPSA) is 85.3 Å². The molecule has 0 atom stereocenters. The van der Waals surface area contributed by atoms with Crippen LogP contribution >= 0.6 is 0 Å². The van der Waals surface area contributed by atoms with Gasteiger partial charge in [-0.25, -0.2) is 15.3 Å². The van der Waals surface area contributed by atoms with Crippen LogP contribution in [-0.2, 0) is 0 Å². The maximum Gasteiger partial charge on any atom is 0.355 e. The lowest BCUT2D eigenvalue weighted by Crippen LogP contribution is -2.27. The molecule has 0 fully saturated rings. The van der Waals surface area contributed by atoms with E-state index < -0.39 is 6.03 Å². The maximum atomic E-state index is 11.1. The van der Waals surface area contributed by atoms with Crippen molar-refractivity contribution in [2.45, 2.75) is 13.8 Å². The molecule has 0 saturated carbocycles. The van der Waals surface area contributed by atoms with Crippen molar-refractivity contribution in [3.05, 3.63) is 47.8 Å². The monoisotopic (exact) mass is 257 g/mol. The summed E-state index contributed by atoms with van der Waals surface area (Å²) in [7, 11) is 0. The molecule has 2 rings (SSSR count). The maximum absolute atomic E-state index is 11.1. The van der Waals surface area contributed by atoms with Crippen LogP contribution in [0.5, 0.6) is 0 Å². The van der Waals surface area contributed by atoms with E-state index in [1.165, 1.54) is 0 Å². The summed E-state index contributed by atoms with van der Waals surface area (Å²) in [6.45, 7) is 3.67. The van der Waals surface area contributed by atoms with Gasteiger partial charge in [-0.3, -0.25) is 5.43 Å². The Labute approximate surface area is 110 Å². The fourth-order valence-electron chi connectivity index (χ4n) is 1.84. The molecule has 98 valence electrons. The minimum Gasteiger partial charge on any atom is -0.274 e. The van der Waals surface area contributed by atoms with Gasteiger partial charge in [0.25, 0.3) is 0 Å². The Balaban J connectivity index is 2.39. The predicted molar refractivity (Wildman–Crippen MR) is 73.2 cm³/mol. The van der Waals surface area contributed by atoms with Crippen LogP contribution in [0.25, 0.3) is 5.69 Å². The Morgan fingerprint density at radius 2 is 2.05 bits per heavy atom. The van der Waals surface area contributed by atoms with E-state index in [9.17, 15) is 4.79 Å². The number of nitrogens with one attached hydrogen (secondary N) is 1. The van der Waals surface area contributed by atoms with Crippen LogP contribution in [0.3, 0.4) is 0 Å². The largest absolute Gasteiger partial charge is 0.355 e. The smallest absolute Gasteiger partial charge is 0.274 e. The third-order valence-corrected chi connectivity index (χ3v) is 2.79. The first-order chi connectivity index (χ1) is 9.13. The van der Waals surface area contributed by atoms with E-state index in [4.69, 9.17) is 5.84 Å². The first kappa shape index (κ1) is 13.0. The molecule has 1 aromatic heterocycles. The van der Waals surface area contributed by atoms with Crippen molar-refractivity contribution in [3.8, 4) is 5.69 Å². The Bertz CT molecular complexity index is 615. The molecular formula is C13H15N5O. The third-order valence-electron chi connectivity index (χ3n) is 2.79. The second kappa shape index (κ2) is 5.45. The van der Waals surface area contributed by atoms with Crippen molar-refractivity contribution < 1.29 is 4.79 Å². The number of aromatic nitrogens is 2. The molecule has 0 bridgehead atoms. The van der Waals surface area contributed by atoms with Gasteiger partial charge >= 0.3 is 6.03 Å². The van der Waals surface area contributed by atoms with Gasteiger partial charge < -0.3 is 0 Å². The average molecular weight is 257 g/mol. The van der Waals surface area contributed by atoms with Gasteiger partial charge in [0.2, 0.25) is 0 Å². The summed E-state index contributed by atoms with van der Waals surface area (Å²) in [4.78, 5) is 15.0. The van der Waals surface area contributed by atoms with Gasteiger partial charge in [-0.2, -0.15) is 10.1 Å². The predicted octanol–water partition coefficient (Wildman–Crippen LogP) is 1.57. The Morgan fingerprint density at radius 1 is 1.37 bits per heavy atom. The molecule has 0 saturated heterocycles. The number of para-hydroxylation sites is 1. The van der Waals surface area contributed by atoms with Crippen LogP contribution in [-0.4, -0.2) is 21.5 Å². The standard InChI is InChI=1S/C13H15N5O/c1-9(16-13(19)17-14)12-8-15-18(10(12)2)11-6-4-3-5-7-11/h3-8H,14H2,1-2H3,(H,17,19). The number of carbonyl (C=O) groups excluding carboxylic acids is 1. The molecule has 6 heteroatoms. The molecule has 0 radical (unpaired) electrons. The first-order valence-electron chi connectivity index (χ1n) is 5.79. The summed E-state index contributed by atoms with van der Waals surface area (Å²) >= 11 is 0. The number of nitrogens with zero attached hydrogens (tertiary/aromatic N) is 3. The highest BCUT2D eigenvalue weighted by molar-refractivity contribution is 6.05. The van der Waals surface area contributed by atoms with Crippen LogP contribution in [0.2, 0.25) is 0 Å². The summed E-state index contributed by atoms with van der Waals surface area (Å²) in [5.41, 5.74) is 5.23. The van der Waals surface area contributed by atoms with Gasteiger partial charge in [-0.05, 0) is 26.0 Å². The molecule has 3 N–H and O–H groups in total. The number of rotatable bonds is 2. The van der Waals surface area contributed by atoms with Gasteiger partial charge in [0.1, 0.15) is 0 Å². The normalized spacial score (nSPS) is 11.4. The highest BCUT2D eigenvalue weighted by atomic mass is 16.2. The Morgan fingerprint density at radius 3 is 2.68 bits per heavy atom. The number of hydrogen-bond donors (Lipinski definition) is 2. The molecule has 0 aliphatic heterocycles. The fraction of sp³-hybridized carbons (Fsp3) is 0.154. The minimum atomic E-state index is -0.579. The van der Waals surface area contributed by atoms with E-state index in [-0.39, 0.29) is 0 Å². The van der Waals surface area contributed by atoms with E-state index in [1.807, 2.05) is 42.7 Å². The average Bonchev–Trinajstić information content (AvgIpc) is 2.81. The van der Waals surface area contributed by atoms with Crippen LogP contribution in [0.1, 0.15) is 18.2 Å². The molecule has 0 spiro atoms. The zero-order valence-corrected chi connectivity index (χ0v) is 10.8. The number of carbonyl (C=O) groups is 1. The van der Waals surface area contributed by atoms with Crippen molar-refractivity contribution in [1.29, 1.82) is 0 Å². The number of benzene rings is 1. The van der Waals surface area contributed by atoms with Crippen LogP contribution in [0.4, 0.5) is 4.79 Å². The number of urea groups is 1. The highest BCUT2D eigenvalue weighted by Gasteiger charge is 2.11. The van der Waals surface area contributed by atoms with Gasteiger partial charge in [-0.1, -0.05) is 18.2 Å². The van der Waals surface area contributed by atoms with Crippen LogP contribution < -0.4 is 11.3 Å². The van der Waals surface area contributed by atoms with Gasteiger partial charge in [-0.15, -0.1) is 0 Å². The number of hydrazine groups is 1. The molecule has 1 heterocycles. The molecule has 0 aliphatic carbocycles. The lowest BCUT2D eigenvalue weighted by molar-refractivity contribution is 0.249. The fourth-order valence-corrected chi connectivity index (χ4v) is 1.84. The molecule has 0 aliphatic rings. The van der Waals surface area contributed by atoms with E-state index in [1.54, 1.807) is 17.8 Å².